The van der Waals surface area contributed by atoms with Crippen LogP contribution in [0.3, 0.4) is 0 Å². The Morgan fingerprint density at radius 2 is 1.72 bits per heavy atom. The summed E-state index contributed by atoms with van der Waals surface area (Å²) >= 11 is 0. The second-order valence-corrected chi connectivity index (χ2v) is 6.48. The van der Waals surface area contributed by atoms with E-state index in [4.69, 9.17) is 0 Å². The van der Waals surface area contributed by atoms with Gasteiger partial charge in [0.25, 0.3) is 0 Å². The number of carbonyl (C=O) groups is 2. The number of hydrogen-bond donors (Lipinski definition) is 1. The number of hydrogen-bond acceptors (Lipinski definition) is 2. The lowest BCUT2D eigenvalue weighted by atomic mass is 10.0. The van der Waals surface area contributed by atoms with Gasteiger partial charge in [-0.05, 0) is 29.7 Å². The second-order valence-electron chi connectivity index (χ2n) is 6.48. The molecule has 1 heterocycles. The van der Waals surface area contributed by atoms with Gasteiger partial charge in [0, 0.05) is 24.5 Å². The molecule has 25 heavy (non-hydrogen) atoms. The predicted octanol–water partition coefficient (Wildman–Crippen LogP) is 3.69. The van der Waals surface area contributed by atoms with Crippen LogP contribution in [0.5, 0.6) is 0 Å². The van der Waals surface area contributed by atoms with E-state index >= 15 is 0 Å². The molecular weight excluding hydrogens is 314 g/mol. The van der Waals surface area contributed by atoms with Gasteiger partial charge in [0.2, 0.25) is 5.91 Å². The monoisotopic (exact) mass is 337 g/mol. The molecule has 1 saturated heterocycles. The molecule has 0 aliphatic carbocycles. The van der Waals surface area contributed by atoms with Crippen LogP contribution in [0.25, 0.3) is 0 Å². The zero-order valence-electron chi connectivity index (χ0n) is 14.6. The summed E-state index contributed by atoms with van der Waals surface area (Å²) in [4.78, 5) is 28.2. The summed E-state index contributed by atoms with van der Waals surface area (Å²) in [5.74, 6) is 0.148. The number of anilines is 2. The van der Waals surface area contributed by atoms with Gasteiger partial charge in [-0.15, -0.1) is 0 Å². The molecule has 5 nitrogen and oxygen atoms in total. The molecule has 1 N–H and O–H groups in total. The average molecular weight is 337 g/mol. The average Bonchev–Trinajstić information content (AvgIpc) is 2.96. The molecule has 0 radical (unpaired) electrons. The number of urea groups is 1. The van der Waals surface area contributed by atoms with Gasteiger partial charge in [-0.1, -0.05) is 50.2 Å². The largest absolute Gasteiger partial charge is 0.325 e. The van der Waals surface area contributed by atoms with Gasteiger partial charge in [0.15, 0.2) is 0 Å². The summed E-state index contributed by atoms with van der Waals surface area (Å²) < 4.78 is 0. The Kier molecular flexibility index (Phi) is 5.03. The molecule has 0 unspecified atom stereocenters. The number of nitrogens with zero attached hydrogens (tertiary/aromatic N) is 2. The van der Waals surface area contributed by atoms with Crippen molar-refractivity contribution in [2.24, 2.45) is 0 Å². The van der Waals surface area contributed by atoms with Gasteiger partial charge in [-0.3, -0.25) is 9.69 Å². The first-order valence-electron chi connectivity index (χ1n) is 8.56. The summed E-state index contributed by atoms with van der Waals surface area (Å²) in [6, 6.07) is 17.2. The van der Waals surface area contributed by atoms with Crippen molar-refractivity contribution >= 4 is 23.3 Å². The number of rotatable bonds is 5. The van der Waals surface area contributed by atoms with Crippen molar-refractivity contribution in [3.63, 3.8) is 0 Å². The molecule has 1 aliphatic heterocycles. The van der Waals surface area contributed by atoms with Crippen LogP contribution in [0.4, 0.5) is 16.2 Å². The number of amides is 3. The van der Waals surface area contributed by atoms with Crippen LogP contribution in [0.15, 0.2) is 54.6 Å². The Morgan fingerprint density at radius 3 is 2.44 bits per heavy atom. The first-order valence-corrected chi connectivity index (χ1v) is 8.56. The highest BCUT2D eigenvalue weighted by Gasteiger charge is 2.30. The van der Waals surface area contributed by atoms with E-state index in [0.717, 1.165) is 16.9 Å². The fourth-order valence-electron chi connectivity index (χ4n) is 3.05. The number of carbonyl (C=O) groups excluding carboxylic acids is 2. The standard InChI is InChI=1S/C20H23N3O2/c1-15(2)17-10-6-7-11-18(17)21-19(24)14-22-12-13-23(20(22)25)16-8-4-3-5-9-16/h3-11,15H,12-14H2,1-2H3,(H,21,24). The van der Waals surface area contributed by atoms with E-state index in [0.29, 0.717) is 19.0 Å². The van der Waals surface area contributed by atoms with E-state index < -0.39 is 0 Å². The van der Waals surface area contributed by atoms with Gasteiger partial charge in [0.05, 0.1) is 0 Å². The third-order valence-corrected chi connectivity index (χ3v) is 4.35. The third kappa shape index (κ3) is 3.82. The van der Waals surface area contributed by atoms with Crippen LogP contribution >= 0.6 is 0 Å². The lowest BCUT2D eigenvalue weighted by molar-refractivity contribution is -0.116. The quantitative estimate of drug-likeness (QED) is 0.904. The maximum Gasteiger partial charge on any atom is 0.325 e. The smallest absolute Gasteiger partial charge is 0.324 e. The van der Waals surface area contributed by atoms with E-state index in [1.165, 1.54) is 0 Å². The van der Waals surface area contributed by atoms with Crippen LogP contribution in [0.2, 0.25) is 0 Å². The minimum absolute atomic E-state index is 0.0641. The van der Waals surface area contributed by atoms with Crippen LogP contribution in [-0.4, -0.2) is 36.5 Å². The molecule has 1 aliphatic rings. The van der Waals surface area contributed by atoms with Crippen molar-refractivity contribution in [1.82, 2.24) is 4.90 Å². The first-order chi connectivity index (χ1) is 12.1. The summed E-state index contributed by atoms with van der Waals surface area (Å²) in [6.07, 6.45) is 0. The molecule has 0 bridgehead atoms. The summed E-state index contributed by atoms with van der Waals surface area (Å²) in [5, 5.41) is 2.94. The number of benzene rings is 2. The molecule has 3 rings (SSSR count). The van der Waals surface area contributed by atoms with E-state index in [1.807, 2.05) is 54.6 Å². The Labute approximate surface area is 148 Å². The predicted molar refractivity (Wildman–Crippen MR) is 99.9 cm³/mol. The zero-order valence-corrected chi connectivity index (χ0v) is 14.6. The van der Waals surface area contributed by atoms with Crippen molar-refractivity contribution in [3.05, 3.63) is 60.2 Å². The minimum atomic E-state index is -0.170. The van der Waals surface area contributed by atoms with E-state index in [-0.39, 0.29) is 18.5 Å². The van der Waals surface area contributed by atoms with Gasteiger partial charge >= 0.3 is 6.03 Å². The van der Waals surface area contributed by atoms with E-state index in [2.05, 4.69) is 19.2 Å². The normalized spacial score (nSPS) is 14.3. The van der Waals surface area contributed by atoms with Crippen molar-refractivity contribution in [2.45, 2.75) is 19.8 Å². The fraction of sp³-hybridized carbons (Fsp3) is 0.300. The van der Waals surface area contributed by atoms with Crippen LogP contribution < -0.4 is 10.2 Å². The highest BCUT2D eigenvalue weighted by molar-refractivity contribution is 5.99. The van der Waals surface area contributed by atoms with E-state index in [9.17, 15) is 9.59 Å². The SMILES string of the molecule is CC(C)c1ccccc1NC(=O)CN1CCN(c2ccccc2)C1=O. The Hall–Kier alpha value is -2.82. The minimum Gasteiger partial charge on any atom is -0.324 e. The summed E-state index contributed by atoms with van der Waals surface area (Å²) in [5.41, 5.74) is 2.77. The first kappa shape index (κ1) is 17.0. The molecule has 0 saturated carbocycles. The zero-order chi connectivity index (χ0) is 17.8. The molecule has 2 aromatic carbocycles. The second kappa shape index (κ2) is 7.38. The molecule has 3 amide bonds. The molecule has 130 valence electrons. The molecule has 5 heteroatoms. The molecule has 0 aromatic heterocycles. The van der Waals surface area contributed by atoms with Crippen LogP contribution in [0.1, 0.15) is 25.3 Å². The van der Waals surface area contributed by atoms with Crippen molar-refractivity contribution in [2.75, 3.05) is 29.9 Å². The van der Waals surface area contributed by atoms with Crippen molar-refractivity contribution in [1.29, 1.82) is 0 Å². The highest BCUT2D eigenvalue weighted by atomic mass is 16.2. The summed E-state index contributed by atoms with van der Waals surface area (Å²) in [6.45, 7) is 5.39. The Morgan fingerprint density at radius 1 is 1.04 bits per heavy atom. The number of nitrogens with one attached hydrogen (secondary N) is 1. The van der Waals surface area contributed by atoms with Gasteiger partial charge < -0.3 is 10.2 Å². The van der Waals surface area contributed by atoms with Crippen molar-refractivity contribution in [3.8, 4) is 0 Å². The van der Waals surface area contributed by atoms with Gasteiger partial charge in [-0.2, -0.15) is 0 Å². The molecular formula is C20H23N3O2. The lowest BCUT2D eigenvalue weighted by Crippen LogP contribution is -2.37. The van der Waals surface area contributed by atoms with Crippen molar-refractivity contribution < 1.29 is 9.59 Å². The maximum atomic E-state index is 12.5. The molecule has 0 spiro atoms. The van der Waals surface area contributed by atoms with Gasteiger partial charge in [-0.25, -0.2) is 4.79 Å². The third-order valence-electron chi connectivity index (χ3n) is 4.35. The lowest BCUT2D eigenvalue weighted by Gasteiger charge is -2.19. The Bertz CT molecular complexity index is 759. The molecule has 2 aromatic rings. The van der Waals surface area contributed by atoms with Crippen LogP contribution in [0, 0.1) is 0 Å². The Balaban J connectivity index is 1.64. The molecule has 0 atom stereocenters. The van der Waals surface area contributed by atoms with Crippen LogP contribution in [-0.2, 0) is 4.79 Å². The summed E-state index contributed by atoms with van der Waals surface area (Å²) in [7, 11) is 0. The molecule has 1 fully saturated rings. The van der Waals surface area contributed by atoms with Gasteiger partial charge in [0.1, 0.15) is 6.54 Å². The fourth-order valence-corrected chi connectivity index (χ4v) is 3.05. The van der Waals surface area contributed by atoms with E-state index in [1.54, 1.807) is 9.80 Å². The highest BCUT2D eigenvalue weighted by Crippen LogP contribution is 2.24. The maximum absolute atomic E-state index is 12.5. The number of para-hydroxylation sites is 2. The topological polar surface area (TPSA) is 52.7 Å².